The standard InChI is InChI=1S/C19H32N4O2/c1-20-19(21-10-11-23(2)12-13-24-3)22-14-17-6-4-5-7-18(17)25-15-16-8-9-16/h4-7,16H,8-15H2,1-3H3,(H2,20,21,22). The summed E-state index contributed by atoms with van der Waals surface area (Å²) < 4.78 is 11.0. The molecule has 1 saturated carbocycles. The molecule has 0 spiro atoms. The molecule has 0 aromatic heterocycles. The number of hydrogen-bond acceptors (Lipinski definition) is 4. The smallest absolute Gasteiger partial charge is 0.191 e. The van der Waals surface area contributed by atoms with Crippen molar-refractivity contribution in [1.29, 1.82) is 0 Å². The number of ether oxygens (including phenoxy) is 2. The van der Waals surface area contributed by atoms with Crippen molar-refractivity contribution < 1.29 is 9.47 Å². The van der Waals surface area contributed by atoms with Gasteiger partial charge in [-0.2, -0.15) is 0 Å². The maximum atomic E-state index is 5.96. The number of methoxy groups -OCH3 is 1. The monoisotopic (exact) mass is 348 g/mol. The maximum absolute atomic E-state index is 5.96. The second-order valence-corrected chi connectivity index (χ2v) is 6.51. The highest BCUT2D eigenvalue weighted by atomic mass is 16.5. The summed E-state index contributed by atoms with van der Waals surface area (Å²) in [5, 5.41) is 6.70. The Morgan fingerprint density at radius 3 is 2.76 bits per heavy atom. The third-order valence-electron chi connectivity index (χ3n) is 4.28. The molecule has 0 bridgehead atoms. The Bertz CT molecular complexity index is 532. The highest BCUT2D eigenvalue weighted by molar-refractivity contribution is 5.79. The zero-order valence-corrected chi connectivity index (χ0v) is 15.8. The Hall–Kier alpha value is -1.79. The minimum atomic E-state index is 0.694. The van der Waals surface area contributed by atoms with Gasteiger partial charge in [-0.05, 0) is 31.9 Å². The largest absolute Gasteiger partial charge is 0.493 e. The van der Waals surface area contributed by atoms with Gasteiger partial charge >= 0.3 is 0 Å². The summed E-state index contributed by atoms with van der Waals surface area (Å²) in [6, 6.07) is 8.21. The number of rotatable bonds is 11. The molecule has 1 fully saturated rings. The van der Waals surface area contributed by atoms with E-state index in [1.165, 1.54) is 12.8 Å². The van der Waals surface area contributed by atoms with E-state index < -0.39 is 0 Å². The van der Waals surface area contributed by atoms with Gasteiger partial charge < -0.3 is 25.0 Å². The van der Waals surface area contributed by atoms with E-state index in [4.69, 9.17) is 9.47 Å². The molecule has 1 aliphatic rings. The predicted octanol–water partition coefficient (Wildman–Crippen LogP) is 1.72. The molecule has 0 heterocycles. The number of aliphatic imine (C=N–C) groups is 1. The summed E-state index contributed by atoms with van der Waals surface area (Å²) in [5.74, 6) is 2.53. The number of benzene rings is 1. The second kappa shape index (κ2) is 10.9. The molecular formula is C19H32N4O2. The lowest BCUT2D eigenvalue weighted by molar-refractivity contribution is 0.162. The second-order valence-electron chi connectivity index (χ2n) is 6.51. The van der Waals surface area contributed by atoms with E-state index >= 15 is 0 Å². The average molecular weight is 348 g/mol. The number of hydrogen-bond donors (Lipinski definition) is 2. The van der Waals surface area contributed by atoms with Gasteiger partial charge in [-0.15, -0.1) is 0 Å². The molecule has 0 atom stereocenters. The fraction of sp³-hybridized carbons (Fsp3) is 0.632. The molecule has 0 radical (unpaired) electrons. The van der Waals surface area contributed by atoms with Crippen LogP contribution in [0.3, 0.4) is 0 Å². The van der Waals surface area contributed by atoms with Crippen LogP contribution < -0.4 is 15.4 Å². The molecule has 2 rings (SSSR count). The molecule has 25 heavy (non-hydrogen) atoms. The van der Waals surface area contributed by atoms with E-state index in [1.54, 1.807) is 14.2 Å². The quantitative estimate of drug-likeness (QED) is 0.471. The fourth-order valence-electron chi connectivity index (χ4n) is 2.41. The summed E-state index contributed by atoms with van der Waals surface area (Å²) >= 11 is 0. The van der Waals surface area contributed by atoms with Crippen LogP contribution in [0, 0.1) is 5.92 Å². The van der Waals surface area contributed by atoms with Crippen LogP contribution in [-0.4, -0.2) is 64.9 Å². The van der Waals surface area contributed by atoms with Crippen LogP contribution >= 0.6 is 0 Å². The van der Waals surface area contributed by atoms with Crippen molar-refractivity contribution in [2.75, 3.05) is 54.1 Å². The maximum Gasteiger partial charge on any atom is 0.191 e. The number of guanidine groups is 1. The Morgan fingerprint density at radius 1 is 1.24 bits per heavy atom. The summed E-state index contributed by atoms with van der Waals surface area (Å²) in [7, 11) is 5.61. The molecule has 0 amide bonds. The molecule has 140 valence electrons. The molecule has 0 unspecified atom stereocenters. The average Bonchev–Trinajstić information content (AvgIpc) is 3.46. The van der Waals surface area contributed by atoms with E-state index in [1.807, 2.05) is 18.2 Å². The number of nitrogens with one attached hydrogen (secondary N) is 2. The van der Waals surface area contributed by atoms with Gasteiger partial charge in [0.05, 0.1) is 13.2 Å². The first-order valence-electron chi connectivity index (χ1n) is 9.05. The summed E-state index contributed by atoms with van der Waals surface area (Å²) in [6.07, 6.45) is 2.60. The summed E-state index contributed by atoms with van der Waals surface area (Å²) in [4.78, 5) is 6.51. The first-order valence-corrected chi connectivity index (χ1v) is 9.05. The van der Waals surface area contributed by atoms with E-state index in [0.717, 1.165) is 56.0 Å². The van der Waals surface area contributed by atoms with Crippen LogP contribution in [0.15, 0.2) is 29.3 Å². The molecule has 0 aliphatic heterocycles. The van der Waals surface area contributed by atoms with Crippen molar-refractivity contribution in [1.82, 2.24) is 15.5 Å². The molecule has 6 nitrogen and oxygen atoms in total. The van der Waals surface area contributed by atoms with Crippen LogP contribution in [0.25, 0.3) is 0 Å². The van der Waals surface area contributed by atoms with Crippen LogP contribution in [0.2, 0.25) is 0 Å². The Kier molecular flexibility index (Phi) is 8.55. The normalized spacial score (nSPS) is 14.6. The lowest BCUT2D eigenvalue weighted by atomic mass is 10.2. The van der Waals surface area contributed by atoms with Crippen molar-refractivity contribution in [2.45, 2.75) is 19.4 Å². The first kappa shape index (κ1) is 19.5. The Balaban J connectivity index is 1.72. The SMILES string of the molecule is CN=C(NCCN(C)CCOC)NCc1ccccc1OCC1CC1. The van der Waals surface area contributed by atoms with Gasteiger partial charge in [0.2, 0.25) is 0 Å². The molecule has 6 heteroatoms. The van der Waals surface area contributed by atoms with Gasteiger partial charge in [0, 0.05) is 45.9 Å². The van der Waals surface area contributed by atoms with Gasteiger partial charge in [-0.25, -0.2) is 0 Å². The Labute approximate surface area is 151 Å². The van der Waals surface area contributed by atoms with Crippen molar-refractivity contribution in [3.8, 4) is 5.75 Å². The zero-order chi connectivity index (χ0) is 17.9. The van der Waals surface area contributed by atoms with E-state index in [9.17, 15) is 0 Å². The van der Waals surface area contributed by atoms with Crippen LogP contribution in [0.5, 0.6) is 5.75 Å². The van der Waals surface area contributed by atoms with Crippen LogP contribution in [0.1, 0.15) is 18.4 Å². The highest BCUT2D eigenvalue weighted by Crippen LogP contribution is 2.30. The minimum absolute atomic E-state index is 0.694. The van der Waals surface area contributed by atoms with Crippen LogP contribution in [-0.2, 0) is 11.3 Å². The van der Waals surface area contributed by atoms with Gasteiger partial charge in [0.25, 0.3) is 0 Å². The molecule has 1 aromatic rings. The third-order valence-corrected chi connectivity index (χ3v) is 4.28. The van der Waals surface area contributed by atoms with E-state index in [-0.39, 0.29) is 0 Å². The van der Waals surface area contributed by atoms with E-state index in [0.29, 0.717) is 6.54 Å². The first-order chi connectivity index (χ1) is 12.2. The number of likely N-dealkylation sites (N-methyl/N-ethyl adjacent to an activating group) is 1. The number of nitrogens with zero attached hydrogens (tertiary/aromatic N) is 2. The Morgan fingerprint density at radius 2 is 2.04 bits per heavy atom. The van der Waals surface area contributed by atoms with Crippen molar-refractivity contribution in [2.24, 2.45) is 10.9 Å². The van der Waals surface area contributed by atoms with Crippen molar-refractivity contribution in [3.63, 3.8) is 0 Å². The predicted molar refractivity (Wildman–Crippen MR) is 102 cm³/mol. The topological polar surface area (TPSA) is 58.1 Å². The molecular weight excluding hydrogens is 316 g/mol. The van der Waals surface area contributed by atoms with Gasteiger partial charge in [0.1, 0.15) is 5.75 Å². The number of para-hydroxylation sites is 1. The van der Waals surface area contributed by atoms with Gasteiger partial charge in [-0.1, -0.05) is 18.2 Å². The fourth-order valence-corrected chi connectivity index (χ4v) is 2.41. The van der Waals surface area contributed by atoms with E-state index in [2.05, 4.69) is 33.6 Å². The van der Waals surface area contributed by atoms with Crippen LogP contribution in [0.4, 0.5) is 0 Å². The molecule has 2 N–H and O–H groups in total. The lowest BCUT2D eigenvalue weighted by Crippen LogP contribution is -2.41. The summed E-state index contributed by atoms with van der Waals surface area (Å²) in [6.45, 7) is 4.97. The highest BCUT2D eigenvalue weighted by Gasteiger charge is 2.22. The van der Waals surface area contributed by atoms with Gasteiger partial charge in [0.15, 0.2) is 5.96 Å². The molecule has 0 saturated heterocycles. The molecule has 1 aliphatic carbocycles. The minimum Gasteiger partial charge on any atom is -0.493 e. The molecule has 1 aromatic carbocycles. The van der Waals surface area contributed by atoms with Gasteiger partial charge in [-0.3, -0.25) is 4.99 Å². The van der Waals surface area contributed by atoms with Crippen molar-refractivity contribution >= 4 is 5.96 Å². The summed E-state index contributed by atoms with van der Waals surface area (Å²) in [5.41, 5.74) is 1.16. The van der Waals surface area contributed by atoms with Crippen molar-refractivity contribution in [3.05, 3.63) is 29.8 Å². The lowest BCUT2D eigenvalue weighted by Gasteiger charge is -2.18. The third kappa shape index (κ3) is 7.75. The zero-order valence-electron chi connectivity index (χ0n) is 15.8.